The highest BCUT2D eigenvalue weighted by Gasteiger charge is 2.27. The quantitative estimate of drug-likeness (QED) is 0.886. The summed E-state index contributed by atoms with van der Waals surface area (Å²) in [6.07, 6.45) is 3.47. The van der Waals surface area contributed by atoms with E-state index in [0.29, 0.717) is 29.9 Å². The molecule has 1 amide bonds. The number of nitrogens with zero attached hydrogens (tertiary/aromatic N) is 3. The number of rotatable bonds is 2. The van der Waals surface area contributed by atoms with E-state index < -0.39 is 11.5 Å². The molecule has 0 spiro atoms. The number of amides is 1. The van der Waals surface area contributed by atoms with Crippen molar-refractivity contribution >= 4 is 11.9 Å². The van der Waals surface area contributed by atoms with Crippen LogP contribution in [0, 0.1) is 0 Å². The number of carbonyl (C=O) groups is 2. The Morgan fingerprint density at radius 1 is 1.30 bits per heavy atom. The van der Waals surface area contributed by atoms with E-state index in [9.17, 15) is 19.5 Å². The number of carboxylic acids is 1. The van der Waals surface area contributed by atoms with E-state index in [1.165, 1.54) is 17.7 Å². The fourth-order valence-corrected chi connectivity index (χ4v) is 2.81. The van der Waals surface area contributed by atoms with Gasteiger partial charge >= 0.3 is 5.97 Å². The molecule has 1 aliphatic heterocycles. The van der Waals surface area contributed by atoms with Crippen molar-refractivity contribution in [1.82, 2.24) is 14.5 Å². The van der Waals surface area contributed by atoms with Gasteiger partial charge in [0, 0.05) is 32.4 Å². The highest BCUT2D eigenvalue weighted by atomic mass is 16.4. The van der Waals surface area contributed by atoms with Crippen molar-refractivity contribution in [1.29, 1.82) is 0 Å². The van der Waals surface area contributed by atoms with Crippen LogP contribution in [0.3, 0.4) is 0 Å². The van der Waals surface area contributed by atoms with Gasteiger partial charge in [-0.2, -0.15) is 0 Å². The molecule has 0 saturated carbocycles. The number of carbonyl (C=O) groups excluding carboxylic acids is 1. The Bertz CT molecular complexity index is 842. The summed E-state index contributed by atoms with van der Waals surface area (Å²) in [4.78, 5) is 41.4. The minimum absolute atomic E-state index is 0.0805. The number of carboxylic acid groups (broad SMARTS) is 1. The summed E-state index contributed by atoms with van der Waals surface area (Å²) >= 11 is 0. The Labute approximate surface area is 131 Å². The molecular weight excluding hydrogens is 298 g/mol. The van der Waals surface area contributed by atoms with Crippen molar-refractivity contribution in [2.24, 2.45) is 0 Å². The molecule has 1 aliphatic rings. The molecule has 2 aromatic rings. The smallest absolute Gasteiger partial charge is 0.341 e. The molecule has 0 atom stereocenters. The Kier molecular flexibility index (Phi) is 3.69. The van der Waals surface area contributed by atoms with Gasteiger partial charge < -0.3 is 10.0 Å². The maximum absolute atomic E-state index is 12.6. The predicted molar refractivity (Wildman–Crippen MR) is 81.6 cm³/mol. The largest absolute Gasteiger partial charge is 0.477 e. The fraction of sp³-hybridized carbons (Fsp3) is 0.250. The van der Waals surface area contributed by atoms with Crippen LogP contribution in [-0.4, -0.2) is 38.0 Å². The van der Waals surface area contributed by atoms with Crippen molar-refractivity contribution in [3.05, 3.63) is 57.6 Å². The zero-order valence-corrected chi connectivity index (χ0v) is 12.5. The summed E-state index contributed by atoms with van der Waals surface area (Å²) in [6, 6.07) is 5.06. The SMILES string of the molecule is CC(=O)N1CCc2c(cn(-c3ccccn3)c(=O)c2C(=O)O)C1. The number of aromatic carboxylic acids is 1. The number of aromatic nitrogens is 2. The van der Waals surface area contributed by atoms with Gasteiger partial charge in [0.1, 0.15) is 11.4 Å². The summed E-state index contributed by atoms with van der Waals surface area (Å²) < 4.78 is 1.23. The Balaban J connectivity index is 2.22. The summed E-state index contributed by atoms with van der Waals surface area (Å²) in [5.74, 6) is -0.987. The van der Waals surface area contributed by atoms with E-state index in [0.717, 1.165) is 0 Å². The topological polar surface area (TPSA) is 92.5 Å². The van der Waals surface area contributed by atoms with Gasteiger partial charge in [-0.15, -0.1) is 0 Å². The molecule has 23 heavy (non-hydrogen) atoms. The molecule has 0 saturated heterocycles. The van der Waals surface area contributed by atoms with Gasteiger partial charge in [0.15, 0.2) is 0 Å². The minimum Gasteiger partial charge on any atom is -0.477 e. The van der Waals surface area contributed by atoms with Crippen LogP contribution in [-0.2, 0) is 17.8 Å². The van der Waals surface area contributed by atoms with Gasteiger partial charge in [-0.3, -0.25) is 14.2 Å². The molecule has 0 fully saturated rings. The average molecular weight is 313 g/mol. The molecule has 2 aromatic heterocycles. The van der Waals surface area contributed by atoms with Gasteiger partial charge in [-0.1, -0.05) is 6.07 Å². The minimum atomic E-state index is -1.26. The first kappa shape index (κ1) is 15.0. The highest BCUT2D eigenvalue weighted by molar-refractivity contribution is 5.89. The lowest BCUT2D eigenvalue weighted by atomic mass is 9.96. The summed E-state index contributed by atoms with van der Waals surface area (Å²) in [7, 11) is 0. The molecule has 0 unspecified atom stereocenters. The maximum atomic E-state index is 12.6. The molecule has 3 rings (SSSR count). The zero-order valence-electron chi connectivity index (χ0n) is 12.5. The monoisotopic (exact) mass is 313 g/mol. The van der Waals surface area contributed by atoms with Crippen molar-refractivity contribution in [3.8, 4) is 5.82 Å². The van der Waals surface area contributed by atoms with Gasteiger partial charge in [0.05, 0.1) is 0 Å². The van der Waals surface area contributed by atoms with Gasteiger partial charge in [-0.05, 0) is 29.7 Å². The van der Waals surface area contributed by atoms with Crippen LogP contribution >= 0.6 is 0 Å². The van der Waals surface area contributed by atoms with Gasteiger partial charge in [0.25, 0.3) is 5.56 Å². The van der Waals surface area contributed by atoms with E-state index >= 15 is 0 Å². The number of hydrogen-bond acceptors (Lipinski definition) is 4. The van der Waals surface area contributed by atoms with E-state index in [4.69, 9.17) is 0 Å². The van der Waals surface area contributed by atoms with Crippen molar-refractivity contribution in [2.45, 2.75) is 19.9 Å². The highest BCUT2D eigenvalue weighted by Crippen LogP contribution is 2.21. The molecule has 7 nitrogen and oxygen atoms in total. The predicted octanol–water partition coefficient (Wildman–Crippen LogP) is 0.835. The van der Waals surface area contributed by atoms with Crippen LogP contribution in [0.25, 0.3) is 5.82 Å². The summed E-state index contributed by atoms with van der Waals surface area (Å²) in [5.41, 5.74) is 0.323. The van der Waals surface area contributed by atoms with Crippen LogP contribution in [0.5, 0.6) is 0 Å². The zero-order chi connectivity index (χ0) is 16.6. The standard InChI is InChI=1S/C16H15N3O4/c1-10(20)18-7-5-12-11(8-18)9-19(13-4-2-3-6-17-13)15(21)14(12)16(22)23/h2-4,6,9H,5,7-8H2,1H3,(H,22,23). The van der Waals surface area contributed by atoms with Gasteiger partial charge in [-0.25, -0.2) is 9.78 Å². The lowest BCUT2D eigenvalue weighted by Crippen LogP contribution is -2.38. The Morgan fingerprint density at radius 2 is 2.09 bits per heavy atom. The van der Waals surface area contributed by atoms with E-state index in [2.05, 4.69) is 4.98 Å². The number of hydrogen-bond donors (Lipinski definition) is 1. The van der Waals surface area contributed by atoms with Crippen molar-refractivity contribution in [2.75, 3.05) is 6.54 Å². The second-order valence-corrected chi connectivity index (χ2v) is 5.37. The number of fused-ring (bicyclic) bond motifs is 1. The van der Waals surface area contributed by atoms with E-state index in [-0.39, 0.29) is 18.0 Å². The van der Waals surface area contributed by atoms with Crippen LogP contribution in [0.4, 0.5) is 0 Å². The summed E-state index contributed by atoms with van der Waals surface area (Å²) in [5, 5.41) is 9.45. The fourth-order valence-electron chi connectivity index (χ4n) is 2.81. The van der Waals surface area contributed by atoms with Crippen molar-refractivity contribution < 1.29 is 14.7 Å². The molecule has 0 aromatic carbocycles. The van der Waals surface area contributed by atoms with Crippen LogP contribution < -0.4 is 5.56 Å². The lowest BCUT2D eigenvalue weighted by molar-refractivity contribution is -0.129. The van der Waals surface area contributed by atoms with Crippen LogP contribution in [0.2, 0.25) is 0 Å². The first-order valence-electron chi connectivity index (χ1n) is 7.16. The normalized spacial score (nSPS) is 13.5. The van der Waals surface area contributed by atoms with Crippen LogP contribution in [0.15, 0.2) is 35.4 Å². The summed E-state index contributed by atoms with van der Waals surface area (Å²) in [6.45, 7) is 2.17. The van der Waals surface area contributed by atoms with E-state index in [1.54, 1.807) is 29.3 Å². The second-order valence-electron chi connectivity index (χ2n) is 5.37. The third-order valence-corrected chi connectivity index (χ3v) is 3.96. The molecule has 3 heterocycles. The molecule has 7 heteroatoms. The molecule has 1 N–H and O–H groups in total. The van der Waals surface area contributed by atoms with E-state index in [1.807, 2.05) is 0 Å². The Hall–Kier alpha value is -2.96. The van der Waals surface area contributed by atoms with Gasteiger partial charge in [0.2, 0.25) is 5.91 Å². The number of pyridine rings is 2. The Morgan fingerprint density at radius 3 is 2.70 bits per heavy atom. The van der Waals surface area contributed by atoms with Crippen molar-refractivity contribution in [3.63, 3.8) is 0 Å². The molecule has 118 valence electrons. The third kappa shape index (κ3) is 2.61. The lowest BCUT2D eigenvalue weighted by Gasteiger charge is -2.29. The van der Waals surface area contributed by atoms with Crippen LogP contribution in [0.1, 0.15) is 28.4 Å². The first-order valence-corrected chi connectivity index (χ1v) is 7.16. The maximum Gasteiger partial charge on any atom is 0.341 e. The second kappa shape index (κ2) is 5.68. The molecule has 0 aliphatic carbocycles. The third-order valence-electron chi connectivity index (χ3n) is 3.96. The molecule has 0 radical (unpaired) electrons. The molecule has 0 bridgehead atoms. The first-order chi connectivity index (χ1) is 11.0. The average Bonchev–Trinajstić information content (AvgIpc) is 2.54. The molecular formula is C16H15N3O4.